The molecule has 0 fully saturated rings. The molecule has 1 aliphatic heterocycles. The first-order chi connectivity index (χ1) is 22.1. The third kappa shape index (κ3) is 5.47. The van der Waals surface area contributed by atoms with E-state index in [4.69, 9.17) is 0 Å². The van der Waals surface area contributed by atoms with E-state index in [0.717, 1.165) is 39.8 Å². The predicted octanol–water partition coefficient (Wildman–Crippen LogP) is 7.49. The Kier molecular flexibility index (Phi) is 8.91. The van der Waals surface area contributed by atoms with E-state index in [2.05, 4.69) is 11.9 Å². The standard InChI is InChI=1S/C36H34N2O5S3/c1-5-7-18-38(19-8-6-2)46(42,43)28-20-26(37-36(41)21(3)4)33-29-24(28)14-11-15-25(29)31(39)34(45-33)35-32(40)30-23-13-10-9-12-22(23)16-17-27(30)44-35/h9-17,20H,3,5-8,18-19H2,1-2,4H3,(H,37,41)/b35-34+. The van der Waals surface area contributed by atoms with Crippen molar-refractivity contribution in [3.8, 4) is 0 Å². The van der Waals surface area contributed by atoms with Crippen LogP contribution in [0.25, 0.3) is 36.5 Å². The van der Waals surface area contributed by atoms with Gasteiger partial charge < -0.3 is 5.32 Å². The zero-order valence-corrected chi connectivity index (χ0v) is 28.4. The Morgan fingerprint density at radius 1 is 0.913 bits per heavy atom. The van der Waals surface area contributed by atoms with Crippen LogP contribution in [-0.4, -0.2) is 37.5 Å². The molecule has 10 heteroatoms. The molecule has 0 atom stereocenters. The van der Waals surface area contributed by atoms with Gasteiger partial charge in [-0.3, -0.25) is 14.4 Å². The highest BCUT2D eigenvalue weighted by atomic mass is 32.2. The molecule has 1 aliphatic rings. The summed E-state index contributed by atoms with van der Waals surface area (Å²) >= 11 is 2.38. The van der Waals surface area contributed by atoms with Crippen molar-refractivity contribution in [1.29, 1.82) is 0 Å². The third-order valence-corrected chi connectivity index (χ3v) is 12.7. The zero-order chi connectivity index (χ0) is 32.7. The largest absolute Gasteiger partial charge is 0.321 e. The molecule has 46 heavy (non-hydrogen) atoms. The van der Waals surface area contributed by atoms with Gasteiger partial charge in [0, 0.05) is 45.3 Å². The van der Waals surface area contributed by atoms with Crippen LogP contribution in [0.2, 0.25) is 0 Å². The highest BCUT2D eigenvalue weighted by molar-refractivity contribution is 8.10. The Morgan fingerprint density at radius 2 is 1.59 bits per heavy atom. The minimum Gasteiger partial charge on any atom is -0.321 e. The number of Topliss-reactive ketones (excluding diaryl/α,β-unsaturated/α-hetero) is 1. The number of fused-ring (bicyclic) bond motifs is 3. The normalized spacial score (nSPS) is 14.5. The Labute approximate surface area is 276 Å². The number of nitrogens with one attached hydrogen (secondary N) is 1. The Morgan fingerprint density at radius 3 is 2.28 bits per heavy atom. The average Bonchev–Trinajstić information content (AvgIpc) is 3.39. The van der Waals surface area contributed by atoms with E-state index in [0.29, 0.717) is 57.3 Å². The third-order valence-electron chi connectivity index (χ3n) is 8.25. The lowest BCUT2D eigenvalue weighted by Crippen LogP contribution is -2.33. The van der Waals surface area contributed by atoms with Gasteiger partial charge >= 0.3 is 0 Å². The van der Waals surface area contributed by atoms with Crippen molar-refractivity contribution in [2.75, 3.05) is 18.4 Å². The fourth-order valence-electron chi connectivity index (χ4n) is 5.81. The molecule has 2 heterocycles. The van der Waals surface area contributed by atoms with Crippen molar-refractivity contribution < 1.29 is 18.0 Å². The zero-order valence-electron chi connectivity index (χ0n) is 25.9. The summed E-state index contributed by atoms with van der Waals surface area (Å²) in [4.78, 5) is 42.4. The van der Waals surface area contributed by atoms with E-state index in [1.165, 1.54) is 22.1 Å². The fraction of sp³-hybridized carbons (Fsp3) is 0.250. The second-order valence-electron chi connectivity index (χ2n) is 11.5. The van der Waals surface area contributed by atoms with Crippen molar-refractivity contribution in [2.45, 2.75) is 56.2 Å². The molecule has 1 N–H and O–H groups in total. The van der Waals surface area contributed by atoms with Crippen molar-refractivity contribution in [2.24, 2.45) is 0 Å². The topological polar surface area (TPSA) is 101 Å². The molecule has 0 aliphatic carbocycles. The van der Waals surface area contributed by atoms with Gasteiger partial charge in [-0.1, -0.05) is 93.6 Å². The van der Waals surface area contributed by atoms with Gasteiger partial charge in [0.25, 0.3) is 5.91 Å². The van der Waals surface area contributed by atoms with E-state index >= 15 is 0 Å². The van der Waals surface area contributed by atoms with Gasteiger partial charge in [0.05, 0.1) is 24.7 Å². The molecule has 1 amide bonds. The lowest BCUT2D eigenvalue weighted by Gasteiger charge is -2.24. The summed E-state index contributed by atoms with van der Waals surface area (Å²) in [6.45, 7) is 10.1. The number of thioether (sulfide) groups is 1. The van der Waals surface area contributed by atoms with Gasteiger partial charge in [0.2, 0.25) is 21.2 Å². The van der Waals surface area contributed by atoms with Gasteiger partial charge in [-0.05, 0) is 42.7 Å². The predicted molar refractivity (Wildman–Crippen MR) is 190 cm³/mol. The van der Waals surface area contributed by atoms with Crippen LogP contribution in [-0.2, 0) is 14.8 Å². The van der Waals surface area contributed by atoms with Crippen molar-refractivity contribution in [3.05, 3.63) is 93.1 Å². The van der Waals surface area contributed by atoms with Crippen molar-refractivity contribution in [3.63, 3.8) is 0 Å². The minimum atomic E-state index is -4.01. The number of nitrogens with zero attached hydrogens (tertiary/aromatic N) is 1. The maximum absolute atomic E-state index is 14.3. The molecular formula is C36H34N2O5S3. The summed E-state index contributed by atoms with van der Waals surface area (Å²) in [5, 5.41) is 5.77. The first kappa shape index (κ1) is 32.1. The van der Waals surface area contributed by atoms with Crippen molar-refractivity contribution in [1.82, 2.24) is 4.31 Å². The van der Waals surface area contributed by atoms with Gasteiger partial charge in [-0.15, -0.1) is 11.3 Å². The summed E-state index contributed by atoms with van der Waals surface area (Å²) in [6, 6.07) is 18.1. The first-order valence-electron chi connectivity index (χ1n) is 15.4. The highest BCUT2D eigenvalue weighted by Gasteiger charge is 2.32. The van der Waals surface area contributed by atoms with E-state index in [1.54, 1.807) is 25.1 Å². The van der Waals surface area contributed by atoms with Gasteiger partial charge in [-0.2, -0.15) is 4.31 Å². The number of amides is 1. The average molecular weight is 671 g/mol. The lowest BCUT2D eigenvalue weighted by atomic mass is 10.0. The molecular weight excluding hydrogens is 637 g/mol. The number of hydrogen-bond acceptors (Lipinski definition) is 7. The fourth-order valence-corrected chi connectivity index (χ4v) is 9.97. The van der Waals surface area contributed by atoms with Crippen molar-refractivity contribution >= 4 is 87.0 Å². The molecule has 236 valence electrons. The van der Waals surface area contributed by atoms with E-state index < -0.39 is 15.9 Å². The summed E-state index contributed by atoms with van der Waals surface area (Å²) in [6.07, 6.45) is 3.08. The van der Waals surface area contributed by atoms with Gasteiger partial charge in [-0.25, -0.2) is 8.42 Å². The number of benzene rings is 4. The minimum absolute atomic E-state index is 0.0343. The van der Waals surface area contributed by atoms with Crippen LogP contribution in [0.5, 0.6) is 0 Å². The molecule has 4 aromatic carbocycles. The molecule has 0 radical (unpaired) electrons. The lowest BCUT2D eigenvalue weighted by molar-refractivity contribution is -0.112. The molecule has 0 unspecified atom stereocenters. The molecule has 0 saturated heterocycles. The molecule has 0 spiro atoms. The van der Waals surface area contributed by atoms with Gasteiger partial charge in [0.15, 0.2) is 0 Å². The summed E-state index contributed by atoms with van der Waals surface area (Å²) in [7, 11) is -4.01. The quantitative estimate of drug-likeness (QED) is 0.155. The van der Waals surface area contributed by atoms with Crippen LogP contribution >= 0.6 is 23.1 Å². The SMILES string of the molecule is C=C(C)C(=O)Nc1cc(S(=O)(=O)N(CCCC)CCCC)c2cccc3c(=O)/c(=C4\Sc5ccc6ccccc6c5C4=O)sc1c23. The smallest absolute Gasteiger partial charge is 0.250 e. The second kappa shape index (κ2) is 12.8. The number of carbonyl (C=O) groups is 2. The number of ketones is 1. The van der Waals surface area contributed by atoms with Crippen LogP contribution in [0.1, 0.15) is 56.8 Å². The van der Waals surface area contributed by atoms with Crippen LogP contribution < -0.4 is 15.3 Å². The molecule has 5 aromatic rings. The molecule has 0 bridgehead atoms. The monoisotopic (exact) mass is 670 g/mol. The van der Waals surface area contributed by atoms with Crippen LogP contribution in [0.15, 0.2) is 87.4 Å². The van der Waals surface area contributed by atoms with E-state index in [9.17, 15) is 22.8 Å². The van der Waals surface area contributed by atoms with E-state index in [-0.39, 0.29) is 31.9 Å². The van der Waals surface area contributed by atoms with Crippen LogP contribution in [0, 0.1) is 0 Å². The van der Waals surface area contributed by atoms with Crippen LogP contribution in [0.4, 0.5) is 5.69 Å². The van der Waals surface area contributed by atoms with E-state index in [1.807, 2.05) is 50.2 Å². The Balaban J connectivity index is 1.66. The number of hydrogen-bond donors (Lipinski definition) is 1. The number of sulfonamides is 1. The van der Waals surface area contributed by atoms with Gasteiger partial charge in [0.1, 0.15) is 0 Å². The Bertz CT molecular complexity index is 2300. The Hall–Kier alpha value is -3.83. The molecule has 1 aromatic heterocycles. The second-order valence-corrected chi connectivity index (χ2v) is 15.5. The maximum atomic E-state index is 14.3. The molecule has 7 nitrogen and oxygen atoms in total. The van der Waals surface area contributed by atoms with Crippen LogP contribution in [0.3, 0.4) is 0 Å². The highest BCUT2D eigenvalue weighted by Crippen LogP contribution is 2.44. The maximum Gasteiger partial charge on any atom is 0.250 e. The number of rotatable bonds is 10. The summed E-state index contributed by atoms with van der Waals surface area (Å²) in [5.74, 6) is -0.695. The number of anilines is 1. The molecule has 0 saturated carbocycles. The number of carbonyl (C=O) groups excluding carboxylic acids is 2. The number of unbranched alkanes of at least 4 members (excludes halogenated alkanes) is 2. The summed E-state index contributed by atoms with van der Waals surface area (Å²) in [5.41, 5.74) is 0.722. The first-order valence-corrected chi connectivity index (χ1v) is 18.4. The molecule has 6 rings (SSSR count). The summed E-state index contributed by atoms with van der Waals surface area (Å²) < 4.78 is 31.0.